The summed E-state index contributed by atoms with van der Waals surface area (Å²) < 4.78 is 52.2. The van der Waals surface area contributed by atoms with Crippen molar-refractivity contribution in [3.05, 3.63) is 70.9 Å². The van der Waals surface area contributed by atoms with Crippen molar-refractivity contribution in [2.75, 3.05) is 18.5 Å². The summed E-state index contributed by atoms with van der Waals surface area (Å²) in [5.41, 5.74) is 0.171. The third kappa shape index (κ3) is 4.96. The number of hydrogen-bond donors (Lipinski definition) is 1. The van der Waals surface area contributed by atoms with E-state index in [1.54, 1.807) is 13.8 Å². The van der Waals surface area contributed by atoms with Crippen LogP contribution in [0, 0.1) is 5.92 Å². The molecule has 37 heavy (non-hydrogen) atoms. The fourth-order valence-corrected chi connectivity index (χ4v) is 4.60. The zero-order chi connectivity index (χ0) is 26.9. The molecule has 0 spiro atoms. The van der Waals surface area contributed by atoms with E-state index in [0.29, 0.717) is 0 Å². The van der Waals surface area contributed by atoms with Crippen molar-refractivity contribution in [1.82, 2.24) is 4.57 Å². The fourth-order valence-electron chi connectivity index (χ4n) is 4.60. The van der Waals surface area contributed by atoms with Gasteiger partial charge in [-0.3, -0.25) is 9.59 Å². The third-order valence-corrected chi connectivity index (χ3v) is 6.18. The van der Waals surface area contributed by atoms with Crippen molar-refractivity contribution in [1.29, 1.82) is 0 Å². The summed E-state index contributed by atoms with van der Waals surface area (Å²) in [7, 11) is 1.84. The highest BCUT2D eigenvalue weighted by molar-refractivity contribution is 6.35. The minimum absolute atomic E-state index is 0.00107. The van der Waals surface area contributed by atoms with E-state index in [-0.39, 0.29) is 42.0 Å². The van der Waals surface area contributed by atoms with Gasteiger partial charge in [0.25, 0.3) is 5.91 Å². The van der Waals surface area contributed by atoms with Gasteiger partial charge in [-0.05, 0) is 44.0 Å². The Morgan fingerprint density at radius 1 is 1.05 bits per heavy atom. The maximum Gasteiger partial charge on any atom is 0.416 e. The van der Waals surface area contributed by atoms with E-state index < -0.39 is 35.5 Å². The first-order valence-electron chi connectivity index (χ1n) is 11.7. The van der Waals surface area contributed by atoms with Crippen LogP contribution >= 0.6 is 0 Å². The van der Waals surface area contributed by atoms with Gasteiger partial charge < -0.3 is 19.4 Å². The van der Waals surface area contributed by atoms with Crippen molar-refractivity contribution >= 4 is 40.0 Å². The molecule has 0 bridgehead atoms. The minimum atomic E-state index is -4.63. The molecule has 1 aromatic heterocycles. The van der Waals surface area contributed by atoms with Crippen LogP contribution in [0.2, 0.25) is 0 Å². The molecule has 0 radical (unpaired) electrons. The molecular formula is C27H25F3N2O5. The first-order chi connectivity index (χ1) is 17.6. The lowest BCUT2D eigenvalue weighted by Crippen LogP contribution is -2.29. The van der Waals surface area contributed by atoms with E-state index in [1.807, 2.05) is 42.1 Å². The number of benzene rings is 2. The van der Waals surface area contributed by atoms with E-state index >= 15 is 0 Å². The summed E-state index contributed by atoms with van der Waals surface area (Å²) in [6.07, 6.45) is -2.80. The van der Waals surface area contributed by atoms with Gasteiger partial charge in [0.2, 0.25) is 0 Å². The molecule has 1 aliphatic rings. The van der Waals surface area contributed by atoms with Gasteiger partial charge in [0.15, 0.2) is 0 Å². The van der Waals surface area contributed by atoms with E-state index in [9.17, 15) is 27.6 Å². The van der Waals surface area contributed by atoms with Gasteiger partial charge in [0.1, 0.15) is 0 Å². The molecule has 194 valence electrons. The summed E-state index contributed by atoms with van der Waals surface area (Å²) in [5.74, 6) is -3.72. The second kappa shape index (κ2) is 10.1. The molecule has 0 aliphatic carbocycles. The van der Waals surface area contributed by atoms with E-state index in [0.717, 1.165) is 34.7 Å². The Kier molecular flexibility index (Phi) is 7.11. The number of rotatable bonds is 7. The largest absolute Gasteiger partial charge is 0.466 e. The summed E-state index contributed by atoms with van der Waals surface area (Å²) in [5, 5.41) is 3.25. The first-order valence-corrected chi connectivity index (χ1v) is 11.7. The predicted molar refractivity (Wildman–Crippen MR) is 130 cm³/mol. The maximum absolute atomic E-state index is 13.3. The molecule has 0 saturated heterocycles. The number of aryl methyl sites for hydroxylation is 1. The molecule has 0 fully saturated rings. The second-order valence-electron chi connectivity index (χ2n) is 8.51. The average molecular weight is 515 g/mol. The molecule has 7 nitrogen and oxygen atoms in total. The Hall–Kier alpha value is -4.08. The molecule has 3 aromatic rings. The molecule has 2 aromatic carbocycles. The Bertz CT molecular complexity index is 1420. The zero-order valence-electron chi connectivity index (χ0n) is 20.4. The number of halogens is 3. The summed E-state index contributed by atoms with van der Waals surface area (Å²) in [6, 6.07) is 10.2. The van der Waals surface area contributed by atoms with Crippen molar-refractivity contribution < 1.29 is 37.0 Å². The van der Waals surface area contributed by atoms with Crippen LogP contribution in [-0.2, 0) is 43.5 Å². The third-order valence-electron chi connectivity index (χ3n) is 6.18. The molecule has 4 rings (SSSR count). The number of carbonyl (C=O) groups excluding carboxylic acids is 3. The number of alkyl halides is 3. The van der Waals surface area contributed by atoms with Gasteiger partial charge in [-0.15, -0.1) is 0 Å². The van der Waals surface area contributed by atoms with Gasteiger partial charge in [0, 0.05) is 35.4 Å². The van der Waals surface area contributed by atoms with Crippen LogP contribution in [0.15, 0.2) is 54.2 Å². The Balaban J connectivity index is 1.92. The Morgan fingerprint density at radius 2 is 1.76 bits per heavy atom. The lowest BCUT2D eigenvalue weighted by Gasteiger charge is -2.20. The predicted octanol–water partition coefficient (Wildman–Crippen LogP) is 4.89. The molecule has 0 saturated carbocycles. The highest BCUT2D eigenvalue weighted by Crippen LogP contribution is 2.41. The SMILES string of the molecule is CCOC(=O)/C(=C1\C(=O)Nc2cc(C(F)(F)F)ccc21)C(Cc1cn(C)c2ccccc12)C(=O)OCC. The van der Waals surface area contributed by atoms with Crippen molar-refractivity contribution in [3.63, 3.8) is 0 Å². The van der Waals surface area contributed by atoms with Crippen molar-refractivity contribution in [3.8, 4) is 0 Å². The monoisotopic (exact) mass is 514 g/mol. The normalized spacial score (nSPS) is 15.2. The number of aromatic nitrogens is 1. The molecular weight excluding hydrogens is 489 g/mol. The Labute approximate surface area is 210 Å². The molecule has 1 atom stereocenters. The van der Waals surface area contributed by atoms with E-state index in [1.165, 1.54) is 0 Å². The summed E-state index contributed by atoms with van der Waals surface area (Å²) in [4.78, 5) is 39.6. The Morgan fingerprint density at radius 3 is 2.43 bits per heavy atom. The van der Waals surface area contributed by atoms with Gasteiger partial charge in [0.05, 0.1) is 35.8 Å². The van der Waals surface area contributed by atoms with Crippen molar-refractivity contribution in [2.45, 2.75) is 26.4 Å². The standard InChI is InChI=1S/C27H25F3N2O5/c1-4-36-25(34)19(12-15-14-32(3)21-9-7-6-8-17(15)21)23(26(35)37-5-2)22-18-11-10-16(27(28,29)30)13-20(18)31-24(22)33/h6-11,13-14,19H,4-5,12H2,1-3H3,(H,31,33)/b23-22-. The van der Waals surface area contributed by atoms with Crippen LogP contribution in [0.4, 0.5) is 18.9 Å². The number of hydrogen-bond acceptors (Lipinski definition) is 5. The fraction of sp³-hybridized carbons (Fsp3) is 0.296. The number of carbonyl (C=O) groups is 3. The smallest absolute Gasteiger partial charge is 0.416 e. The van der Waals surface area contributed by atoms with Crippen LogP contribution < -0.4 is 5.32 Å². The van der Waals surface area contributed by atoms with Crippen LogP contribution in [0.3, 0.4) is 0 Å². The number of fused-ring (bicyclic) bond motifs is 2. The van der Waals surface area contributed by atoms with Crippen molar-refractivity contribution in [2.24, 2.45) is 13.0 Å². The van der Waals surface area contributed by atoms with Crippen LogP contribution in [-0.4, -0.2) is 35.6 Å². The van der Waals surface area contributed by atoms with Crippen LogP contribution in [0.1, 0.15) is 30.5 Å². The lowest BCUT2D eigenvalue weighted by atomic mass is 9.86. The van der Waals surface area contributed by atoms with Crippen LogP contribution in [0.5, 0.6) is 0 Å². The molecule has 10 heteroatoms. The second-order valence-corrected chi connectivity index (χ2v) is 8.51. The van der Waals surface area contributed by atoms with Gasteiger partial charge >= 0.3 is 18.1 Å². The molecule has 1 N–H and O–H groups in total. The van der Waals surface area contributed by atoms with E-state index in [2.05, 4.69) is 5.32 Å². The lowest BCUT2D eigenvalue weighted by molar-refractivity contribution is -0.150. The van der Waals surface area contributed by atoms with E-state index in [4.69, 9.17) is 9.47 Å². The quantitative estimate of drug-likeness (QED) is 0.359. The molecule has 1 amide bonds. The highest BCUT2D eigenvalue weighted by atomic mass is 19.4. The number of nitrogens with one attached hydrogen (secondary N) is 1. The van der Waals surface area contributed by atoms with Gasteiger partial charge in [-0.2, -0.15) is 13.2 Å². The van der Waals surface area contributed by atoms with Gasteiger partial charge in [-0.25, -0.2) is 4.79 Å². The number of nitrogens with zero attached hydrogens (tertiary/aromatic N) is 1. The first kappa shape index (κ1) is 26.0. The number of ether oxygens (including phenoxy) is 2. The molecule has 2 heterocycles. The topological polar surface area (TPSA) is 86.6 Å². The summed E-state index contributed by atoms with van der Waals surface area (Å²) >= 11 is 0. The van der Waals surface area contributed by atoms with Crippen LogP contribution in [0.25, 0.3) is 16.5 Å². The van der Waals surface area contributed by atoms with Gasteiger partial charge in [-0.1, -0.05) is 24.3 Å². The maximum atomic E-state index is 13.3. The zero-order valence-corrected chi connectivity index (χ0v) is 20.4. The number of amides is 1. The summed E-state index contributed by atoms with van der Waals surface area (Å²) in [6.45, 7) is 3.16. The average Bonchev–Trinajstić information content (AvgIpc) is 3.34. The number of esters is 2. The molecule has 1 aliphatic heterocycles. The highest BCUT2D eigenvalue weighted by Gasteiger charge is 2.40. The number of para-hydroxylation sites is 1. The number of anilines is 1. The minimum Gasteiger partial charge on any atom is -0.466 e. The molecule has 1 unspecified atom stereocenters.